The lowest BCUT2D eigenvalue weighted by molar-refractivity contribution is 0.0483. The lowest BCUT2D eigenvalue weighted by atomic mass is 9.83. The highest BCUT2D eigenvalue weighted by Gasteiger charge is 2.50. The average Bonchev–Trinajstić information content (AvgIpc) is 3.61. The van der Waals surface area contributed by atoms with E-state index in [1.165, 1.54) is 4.31 Å². The third-order valence-corrected chi connectivity index (χ3v) is 9.36. The molecular weight excluding hydrogens is 474 g/mol. The van der Waals surface area contributed by atoms with E-state index in [-0.39, 0.29) is 29.7 Å². The third kappa shape index (κ3) is 6.34. The molecule has 196 valence electrons. The minimum absolute atomic E-state index is 0.00199. The van der Waals surface area contributed by atoms with E-state index >= 15 is 0 Å². The van der Waals surface area contributed by atoms with Crippen LogP contribution in [0.1, 0.15) is 39.5 Å². The minimum atomic E-state index is -3.31. The molecule has 2 atom stereocenters. The van der Waals surface area contributed by atoms with Gasteiger partial charge in [0.05, 0.1) is 31.4 Å². The molecule has 1 amide bonds. The Morgan fingerprint density at radius 2 is 1.91 bits per heavy atom. The van der Waals surface area contributed by atoms with Crippen LogP contribution in [0.2, 0.25) is 0 Å². The van der Waals surface area contributed by atoms with E-state index in [0.717, 1.165) is 25.7 Å². The van der Waals surface area contributed by atoms with E-state index in [4.69, 9.17) is 9.47 Å². The highest BCUT2D eigenvalue weighted by Crippen LogP contribution is 2.53. The molecule has 1 N–H and O–H groups in total. The Labute approximate surface area is 207 Å². The Morgan fingerprint density at radius 3 is 2.51 bits per heavy atom. The molecule has 4 rings (SSSR count). The molecule has 0 aromatic carbocycles. The molecule has 0 spiro atoms. The Kier molecular flexibility index (Phi) is 8.02. The smallest absolute Gasteiger partial charge is 0.407 e. The molecule has 2 aliphatic heterocycles. The zero-order chi connectivity index (χ0) is 25.1. The standard InChI is InChI=1S/C23H37N5O6S/c1-3-33-12-13-35(31,32)27-10-8-26(9-11-27)20-15-25-21(16-24-20)34-17-18-4-7-28(22(29)30)19(14-18)23(2)5-6-23/h15-16,18-19H,3-14,17H2,1-2H3,(H,29,30). The Morgan fingerprint density at radius 1 is 1.17 bits per heavy atom. The topological polar surface area (TPSA) is 125 Å². The number of hydrogen-bond acceptors (Lipinski definition) is 8. The highest BCUT2D eigenvalue weighted by molar-refractivity contribution is 7.89. The van der Waals surface area contributed by atoms with Crippen molar-refractivity contribution in [3.05, 3.63) is 12.4 Å². The van der Waals surface area contributed by atoms with Gasteiger partial charge in [-0.3, -0.25) is 0 Å². The molecule has 35 heavy (non-hydrogen) atoms. The van der Waals surface area contributed by atoms with Gasteiger partial charge in [-0.2, -0.15) is 4.31 Å². The summed E-state index contributed by atoms with van der Waals surface area (Å²) in [5.41, 5.74) is 0.102. The van der Waals surface area contributed by atoms with Crippen LogP contribution in [0.15, 0.2) is 12.4 Å². The number of anilines is 1. The molecule has 1 aliphatic carbocycles. The number of carboxylic acid groups (broad SMARTS) is 1. The largest absolute Gasteiger partial charge is 0.476 e. The van der Waals surface area contributed by atoms with E-state index in [9.17, 15) is 18.3 Å². The Hall–Kier alpha value is -2.18. The summed E-state index contributed by atoms with van der Waals surface area (Å²) in [6.07, 6.45) is 6.19. The summed E-state index contributed by atoms with van der Waals surface area (Å²) in [5.74, 6) is 1.43. The van der Waals surface area contributed by atoms with Gasteiger partial charge in [0.15, 0.2) is 0 Å². The van der Waals surface area contributed by atoms with Crippen LogP contribution < -0.4 is 9.64 Å². The van der Waals surface area contributed by atoms with Crippen LogP contribution >= 0.6 is 0 Å². The summed E-state index contributed by atoms with van der Waals surface area (Å²) >= 11 is 0. The number of piperazine rings is 1. The molecule has 1 aromatic heterocycles. The third-order valence-electron chi connectivity index (χ3n) is 7.53. The summed E-state index contributed by atoms with van der Waals surface area (Å²) in [6.45, 7) is 7.68. The fourth-order valence-corrected chi connectivity index (χ4v) is 6.30. The molecule has 1 saturated carbocycles. The summed E-state index contributed by atoms with van der Waals surface area (Å²) in [6, 6.07) is 0.0532. The molecule has 2 unspecified atom stereocenters. The van der Waals surface area contributed by atoms with Crippen molar-refractivity contribution in [3.63, 3.8) is 0 Å². The van der Waals surface area contributed by atoms with Crippen molar-refractivity contribution in [1.82, 2.24) is 19.2 Å². The summed E-state index contributed by atoms with van der Waals surface area (Å²) in [4.78, 5) is 24.2. The van der Waals surface area contributed by atoms with Crippen LogP contribution in [-0.4, -0.2) is 103 Å². The molecule has 1 aromatic rings. The number of carbonyl (C=O) groups is 1. The molecule has 0 bridgehead atoms. The molecule has 0 radical (unpaired) electrons. The number of likely N-dealkylation sites (tertiary alicyclic amines) is 1. The van der Waals surface area contributed by atoms with Gasteiger partial charge in [-0.1, -0.05) is 6.92 Å². The zero-order valence-corrected chi connectivity index (χ0v) is 21.5. The predicted molar refractivity (Wildman–Crippen MR) is 130 cm³/mol. The molecule has 3 aliphatic rings. The van der Waals surface area contributed by atoms with Gasteiger partial charge in [-0.05, 0) is 43.9 Å². The van der Waals surface area contributed by atoms with Crippen LogP contribution in [0.25, 0.3) is 0 Å². The number of nitrogens with zero attached hydrogens (tertiary/aromatic N) is 5. The minimum Gasteiger partial charge on any atom is -0.476 e. The van der Waals surface area contributed by atoms with Gasteiger partial charge in [0, 0.05) is 45.4 Å². The summed E-state index contributed by atoms with van der Waals surface area (Å²) in [7, 11) is -3.31. The van der Waals surface area contributed by atoms with E-state index in [1.807, 2.05) is 11.8 Å². The Balaban J connectivity index is 1.24. The number of sulfonamides is 1. The number of ether oxygens (including phenoxy) is 2. The van der Waals surface area contributed by atoms with Crippen LogP contribution in [0.3, 0.4) is 0 Å². The highest BCUT2D eigenvalue weighted by atomic mass is 32.2. The lowest BCUT2D eigenvalue weighted by Gasteiger charge is -2.41. The van der Waals surface area contributed by atoms with Gasteiger partial charge in [0.2, 0.25) is 15.9 Å². The van der Waals surface area contributed by atoms with E-state index in [2.05, 4.69) is 16.9 Å². The van der Waals surface area contributed by atoms with E-state index in [1.54, 1.807) is 17.3 Å². The first-order valence-corrected chi connectivity index (χ1v) is 14.1. The first-order valence-electron chi connectivity index (χ1n) is 12.5. The van der Waals surface area contributed by atoms with Crippen LogP contribution in [-0.2, 0) is 14.8 Å². The van der Waals surface area contributed by atoms with Crippen molar-refractivity contribution in [3.8, 4) is 5.88 Å². The number of aromatic nitrogens is 2. The number of piperidine rings is 1. The average molecular weight is 512 g/mol. The van der Waals surface area contributed by atoms with Crippen molar-refractivity contribution < 1.29 is 27.8 Å². The summed E-state index contributed by atoms with van der Waals surface area (Å²) < 4.78 is 37.5. The van der Waals surface area contributed by atoms with Crippen LogP contribution in [0.4, 0.5) is 10.6 Å². The first kappa shape index (κ1) is 25.9. The molecular formula is C23H37N5O6S. The number of rotatable bonds is 10. The van der Waals surface area contributed by atoms with Crippen LogP contribution in [0, 0.1) is 11.3 Å². The number of hydrogen-bond donors (Lipinski definition) is 1. The van der Waals surface area contributed by atoms with Crippen LogP contribution in [0.5, 0.6) is 5.88 Å². The second-order valence-electron chi connectivity index (χ2n) is 9.96. The fourth-order valence-electron chi connectivity index (χ4n) is 4.99. The fraction of sp³-hybridized carbons (Fsp3) is 0.783. The molecule has 12 heteroatoms. The van der Waals surface area contributed by atoms with Crippen molar-refractivity contribution in [1.29, 1.82) is 0 Å². The predicted octanol–water partition coefficient (Wildman–Crippen LogP) is 1.90. The van der Waals surface area contributed by atoms with Crippen molar-refractivity contribution in [2.24, 2.45) is 11.3 Å². The SMILES string of the molecule is CCOCCS(=O)(=O)N1CCN(c2cnc(OCC3CCN(C(=O)O)C(C4(C)CC4)C3)cn2)CC1. The van der Waals surface area contributed by atoms with Gasteiger partial charge in [-0.15, -0.1) is 0 Å². The Bertz CT molecular complexity index is 963. The maximum Gasteiger partial charge on any atom is 0.407 e. The lowest BCUT2D eigenvalue weighted by Crippen LogP contribution is -2.50. The zero-order valence-electron chi connectivity index (χ0n) is 20.6. The normalized spacial score (nSPS) is 24.9. The first-order chi connectivity index (χ1) is 16.7. The molecule has 3 heterocycles. The van der Waals surface area contributed by atoms with Gasteiger partial charge in [-0.25, -0.2) is 23.2 Å². The van der Waals surface area contributed by atoms with E-state index in [0.29, 0.717) is 57.6 Å². The molecule has 2 saturated heterocycles. The molecule has 3 fully saturated rings. The second-order valence-corrected chi connectivity index (χ2v) is 12.0. The van der Waals surface area contributed by atoms with E-state index < -0.39 is 16.1 Å². The van der Waals surface area contributed by atoms with Crippen molar-refractivity contribution >= 4 is 21.9 Å². The summed E-state index contributed by atoms with van der Waals surface area (Å²) in [5, 5.41) is 9.56. The molecule has 11 nitrogen and oxygen atoms in total. The monoisotopic (exact) mass is 511 g/mol. The second kappa shape index (κ2) is 10.8. The van der Waals surface area contributed by atoms with Crippen molar-refractivity contribution in [2.45, 2.75) is 45.6 Å². The number of amides is 1. The van der Waals surface area contributed by atoms with Gasteiger partial charge in [0.1, 0.15) is 5.82 Å². The van der Waals surface area contributed by atoms with Crippen molar-refractivity contribution in [2.75, 3.05) is 63.2 Å². The van der Waals surface area contributed by atoms with Gasteiger partial charge < -0.3 is 24.4 Å². The maximum absolute atomic E-state index is 12.4. The van der Waals surface area contributed by atoms with Gasteiger partial charge >= 0.3 is 6.09 Å². The quantitative estimate of drug-likeness (QED) is 0.469. The maximum atomic E-state index is 12.4. The van der Waals surface area contributed by atoms with Gasteiger partial charge in [0.25, 0.3) is 0 Å².